The van der Waals surface area contributed by atoms with Gasteiger partial charge >= 0.3 is 5.63 Å². The van der Waals surface area contributed by atoms with Crippen LogP contribution in [0.4, 0.5) is 0 Å². The highest BCUT2D eigenvalue weighted by Crippen LogP contribution is 2.34. The minimum absolute atomic E-state index is 0.391. The minimum Gasteiger partial charge on any atom is -0.497 e. The monoisotopic (exact) mass is 467 g/mol. The van der Waals surface area contributed by atoms with Crippen LogP contribution in [0.15, 0.2) is 69.9 Å². The Labute approximate surface area is 194 Å². The Bertz CT molecular complexity index is 1370. The Morgan fingerprint density at radius 1 is 1.00 bits per heavy atom. The summed E-state index contributed by atoms with van der Waals surface area (Å²) in [5.41, 5.74) is 3.31. The molecule has 32 heavy (non-hydrogen) atoms. The SMILES string of the molecule is COc1ccc(-c2cc3ccc4c(c3oc2=O)CN(Cc2ccc(Cl)c(Cl)c2)CO4)cc1. The summed E-state index contributed by atoms with van der Waals surface area (Å²) in [5.74, 6) is 1.45. The molecule has 1 aromatic heterocycles. The van der Waals surface area contributed by atoms with Gasteiger partial charge in [-0.1, -0.05) is 41.4 Å². The topological polar surface area (TPSA) is 51.9 Å². The van der Waals surface area contributed by atoms with Gasteiger partial charge in [0.15, 0.2) is 0 Å². The van der Waals surface area contributed by atoms with E-state index in [4.69, 9.17) is 37.1 Å². The average molecular weight is 468 g/mol. The van der Waals surface area contributed by atoms with Gasteiger partial charge in [0.25, 0.3) is 0 Å². The first kappa shape index (κ1) is 20.9. The van der Waals surface area contributed by atoms with Crippen molar-refractivity contribution < 1.29 is 13.9 Å². The third-order valence-electron chi connectivity index (χ3n) is 5.54. The van der Waals surface area contributed by atoms with E-state index in [0.29, 0.717) is 41.0 Å². The molecule has 0 saturated carbocycles. The lowest BCUT2D eigenvalue weighted by Gasteiger charge is -2.29. The summed E-state index contributed by atoms with van der Waals surface area (Å²) in [6.45, 7) is 1.63. The molecule has 0 spiro atoms. The number of benzene rings is 3. The lowest BCUT2D eigenvalue weighted by molar-refractivity contribution is 0.0890. The summed E-state index contributed by atoms with van der Waals surface area (Å²) in [5, 5.41) is 1.88. The van der Waals surface area contributed by atoms with Crippen molar-refractivity contribution in [1.29, 1.82) is 0 Å². The van der Waals surface area contributed by atoms with Gasteiger partial charge in [0.05, 0.1) is 28.3 Å². The van der Waals surface area contributed by atoms with Gasteiger partial charge in [-0.2, -0.15) is 0 Å². The van der Waals surface area contributed by atoms with Gasteiger partial charge in [-0.15, -0.1) is 0 Å². The third kappa shape index (κ3) is 3.95. The van der Waals surface area contributed by atoms with E-state index >= 15 is 0 Å². The number of hydrogen-bond donors (Lipinski definition) is 0. The molecule has 1 aliphatic rings. The van der Waals surface area contributed by atoms with Crippen molar-refractivity contribution in [2.24, 2.45) is 0 Å². The molecular weight excluding hydrogens is 449 g/mol. The van der Waals surface area contributed by atoms with Gasteiger partial charge in [0.2, 0.25) is 0 Å². The number of nitrogens with zero attached hydrogens (tertiary/aromatic N) is 1. The maximum absolute atomic E-state index is 12.8. The summed E-state index contributed by atoms with van der Waals surface area (Å²) in [6.07, 6.45) is 0. The van der Waals surface area contributed by atoms with Crippen molar-refractivity contribution in [2.75, 3.05) is 13.8 Å². The number of fused-ring (bicyclic) bond motifs is 3. The van der Waals surface area contributed by atoms with E-state index in [9.17, 15) is 4.79 Å². The molecule has 1 aliphatic heterocycles. The summed E-state index contributed by atoms with van der Waals surface area (Å²) in [7, 11) is 1.61. The maximum Gasteiger partial charge on any atom is 0.344 e. The average Bonchev–Trinajstić information content (AvgIpc) is 2.81. The van der Waals surface area contributed by atoms with Crippen LogP contribution < -0.4 is 15.1 Å². The normalized spacial score (nSPS) is 13.6. The zero-order valence-corrected chi connectivity index (χ0v) is 18.7. The molecule has 5 nitrogen and oxygen atoms in total. The van der Waals surface area contributed by atoms with Gasteiger partial charge in [0.1, 0.15) is 23.8 Å². The van der Waals surface area contributed by atoms with Crippen molar-refractivity contribution in [3.8, 4) is 22.6 Å². The predicted octanol–water partition coefficient (Wildman–Crippen LogP) is 6.13. The number of methoxy groups -OCH3 is 1. The van der Waals surface area contributed by atoms with Crippen LogP contribution in [0.2, 0.25) is 10.0 Å². The van der Waals surface area contributed by atoms with Crippen molar-refractivity contribution in [3.05, 3.63) is 92.3 Å². The van der Waals surface area contributed by atoms with Crippen molar-refractivity contribution >= 4 is 34.2 Å². The molecule has 0 atom stereocenters. The van der Waals surface area contributed by atoms with Crippen LogP contribution in [-0.2, 0) is 13.1 Å². The second-order valence-corrected chi connectivity index (χ2v) is 8.46. The Kier molecular flexibility index (Phi) is 5.55. The minimum atomic E-state index is -0.391. The van der Waals surface area contributed by atoms with E-state index in [-0.39, 0.29) is 0 Å². The summed E-state index contributed by atoms with van der Waals surface area (Å²) < 4.78 is 16.9. The Balaban J connectivity index is 1.48. The fourth-order valence-corrected chi connectivity index (χ4v) is 4.23. The zero-order chi connectivity index (χ0) is 22.2. The fraction of sp³-hybridized carbons (Fsp3) is 0.160. The van der Waals surface area contributed by atoms with Crippen LogP contribution in [0.5, 0.6) is 11.5 Å². The first-order chi connectivity index (χ1) is 15.5. The Morgan fingerprint density at radius 2 is 1.81 bits per heavy atom. The standard InChI is InChI=1S/C25H19Cl2NO4/c1-30-18-6-3-16(4-7-18)19-11-17-5-9-23-20(24(17)32-25(19)29)13-28(14-31-23)12-15-2-8-21(26)22(27)10-15/h2-11H,12-14H2,1H3. The lowest BCUT2D eigenvalue weighted by Crippen LogP contribution is -2.31. The second kappa shape index (κ2) is 8.51. The molecule has 4 aromatic rings. The highest BCUT2D eigenvalue weighted by molar-refractivity contribution is 6.42. The molecule has 0 N–H and O–H groups in total. The van der Waals surface area contributed by atoms with Crippen molar-refractivity contribution in [3.63, 3.8) is 0 Å². The first-order valence-electron chi connectivity index (χ1n) is 10.0. The van der Waals surface area contributed by atoms with E-state index in [0.717, 1.165) is 33.6 Å². The lowest BCUT2D eigenvalue weighted by atomic mass is 10.0. The van der Waals surface area contributed by atoms with Crippen molar-refractivity contribution in [2.45, 2.75) is 13.1 Å². The van der Waals surface area contributed by atoms with Crippen LogP contribution in [0.1, 0.15) is 11.1 Å². The molecule has 2 heterocycles. The number of rotatable bonds is 4. The number of halogens is 2. The van der Waals surface area contributed by atoms with Crippen molar-refractivity contribution in [1.82, 2.24) is 4.90 Å². The quantitative estimate of drug-likeness (QED) is 0.338. The second-order valence-electron chi connectivity index (χ2n) is 7.65. The van der Waals surface area contributed by atoms with Gasteiger partial charge in [0, 0.05) is 18.5 Å². The third-order valence-corrected chi connectivity index (χ3v) is 6.28. The molecule has 0 radical (unpaired) electrons. The van der Waals surface area contributed by atoms with Gasteiger partial charge in [-0.25, -0.2) is 4.79 Å². The van der Waals surface area contributed by atoms with E-state index in [1.807, 2.05) is 54.6 Å². The molecule has 3 aromatic carbocycles. The molecule has 7 heteroatoms. The van der Waals surface area contributed by atoms with Crippen LogP contribution in [0, 0.1) is 0 Å². The first-order valence-corrected chi connectivity index (χ1v) is 10.8. The Hall–Kier alpha value is -2.99. The van der Waals surface area contributed by atoms with Gasteiger partial charge in [-0.05, 0) is 53.6 Å². The molecule has 0 fully saturated rings. The number of hydrogen-bond acceptors (Lipinski definition) is 5. The van der Waals surface area contributed by atoms with Gasteiger partial charge in [-0.3, -0.25) is 4.90 Å². The smallest absolute Gasteiger partial charge is 0.344 e. The van der Waals surface area contributed by atoms with Crippen LogP contribution in [0.3, 0.4) is 0 Å². The molecule has 0 unspecified atom stereocenters. The Morgan fingerprint density at radius 3 is 2.56 bits per heavy atom. The molecular formula is C25H19Cl2NO4. The van der Waals surface area contributed by atoms with Crippen LogP contribution >= 0.6 is 23.2 Å². The van der Waals surface area contributed by atoms with Gasteiger partial charge < -0.3 is 13.9 Å². The van der Waals surface area contributed by atoms with E-state index in [2.05, 4.69) is 4.90 Å². The predicted molar refractivity (Wildman–Crippen MR) is 126 cm³/mol. The molecule has 5 rings (SSSR count). The largest absolute Gasteiger partial charge is 0.497 e. The molecule has 162 valence electrons. The fourth-order valence-electron chi connectivity index (χ4n) is 3.91. The molecule has 0 aliphatic carbocycles. The zero-order valence-electron chi connectivity index (χ0n) is 17.2. The molecule has 0 saturated heterocycles. The highest BCUT2D eigenvalue weighted by Gasteiger charge is 2.22. The van der Waals surface area contributed by atoms with Crippen LogP contribution in [0.25, 0.3) is 22.1 Å². The van der Waals surface area contributed by atoms with E-state index in [1.165, 1.54) is 0 Å². The molecule has 0 bridgehead atoms. The van der Waals surface area contributed by atoms with E-state index < -0.39 is 5.63 Å². The molecule has 0 amide bonds. The highest BCUT2D eigenvalue weighted by atomic mass is 35.5. The number of ether oxygens (including phenoxy) is 2. The summed E-state index contributed by atoms with van der Waals surface area (Å²) in [4.78, 5) is 14.9. The van der Waals surface area contributed by atoms with Crippen LogP contribution in [-0.4, -0.2) is 18.7 Å². The summed E-state index contributed by atoms with van der Waals surface area (Å²) >= 11 is 12.2. The van der Waals surface area contributed by atoms with E-state index in [1.54, 1.807) is 13.2 Å². The summed E-state index contributed by atoms with van der Waals surface area (Å²) in [6, 6.07) is 18.6. The maximum atomic E-state index is 12.8.